The first-order valence-electron chi connectivity index (χ1n) is 8.55. The summed E-state index contributed by atoms with van der Waals surface area (Å²) in [5.41, 5.74) is -1.08. The van der Waals surface area contributed by atoms with Crippen molar-refractivity contribution in [2.24, 2.45) is 21.7 Å². The number of hydrogen-bond acceptors (Lipinski definition) is 4. The molecule has 1 heterocycles. The fraction of sp³-hybridized carbons (Fsp3) is 0.947. The second-order valence-corrected chi connectivity index (χ2v) is 10.0. The van der Waals surface area contributed by atoms with Crippen molar-refractivity contribution in [2.45, 2.75) is 81.6 Å². The largest absolute Gasteiger partial charge is 0.462 e. The summed E-state index contributed by atoms with van der Waals surface area (Å²) in [4.78, 5) is 12.9. The average molecular weight is 328 g/mol. The molecule has 0 aromatic heterocycles. The molecule has 0 bridgehead atoms. The maximum atomic E-state index is 12.9. The van der Waals surface area contributed by atoms with E-state index in [0.717, 1.165) is 0 Å². The summed E-state index contributed by atoms with van der Waals surface area (Å²) in [6.45, 7) is 21.5. The van der Waals surface area contributed by atoms with Gasteiger partial charge in [-0.2, -0.15) is 0 Å². The van der Waals surface area contributed by atoms with Crippen LogP contribution < -0.4 is 0 Å². The highest BCUT2D eigenvalue weighted by Gasteiger charge is 2.53. The first-order chi connectivity index (χ1) is 10.1. The summed E-state index contributed by atoms with van der Waals surface area (Å²) in [7, 11) is 0. The molecule has 0 aromatic rings. The Kier molecular flexibility index (Phi) is 5.65. The van der Waals surface area contributed by atoms with Gasteiger partial charge < -0.3 is 14.2 Å². The molecule has 1 rings (SSSR count). The molecule has 2 unspecified atom stereocenters. The van der Waals surface area contributed by atoms with E-state index in [2.05, 4.69) is 62.3 Å². The third-order valence-corrected chi connectivity index (χ3v) is 5.27. The fourth-order valence-corrected chi connectivity index (χ4v) is 3.04. The van der Waals surface area contributed by atoms with Crippen molar-refractivity contribution in [2.75, 3.05) is 13.2 Å². The molecular formula is C19H36O4. The highest BCUT2D eigenvalue weighted by molar-refractivity contribution is 5.78. The first kappa shape index (κ1) is 20.4. The van der Waals surface area contributed by atoms with Crippen molar-refractivity contribution in [3.05, 3.63) is 0 Å². The maximum absolute atomic E-state index is 12.9. The molecule has 4 nitrogen and oxygen atoms in total. The second kappa shape index (κ2) is 6.36. The molecule has 2 atom stereocenters. The monoisotopic (exact) mass is 328 g/mol. The van der Waals surface area contributed by atoms with Crippen molar-refractivity contribution < 1.29 is 19.0 Å². The molecule has 0 radical (unpaired) electrons. The zero-order chi connectivity index (χ0) is 18.3. The third-order valence-electron chi connectivity index (χ3n) is 5.27. The van der Waals surface area contributed by atoms with Crippen LogP contribution in [0, 0.1) is 21.7 Å². The van der Waals surface area contributed by atoms with E-state index in [0.29, 0.717) is 6.61 Å². The Morgan fingerprint density at radius 1 is 0.957 bits per heavy atom. The van der Waals surface area contributed by atoms with Gasteiger partial charge in [-0.3, -0.25) is 4.79 Å². The molecule has 0 saturated carbocycles. The molecule has 1 aliphatic rings. The normalized spacial score (nSPS) is 23.9. The third kappa shape index (κ3) is 4.27. The van der Waals surface area contributed by atoms with Gasteiger partial charge in [-0.25, -0.2) is 0 Å². The van der Waals surface area contributed by atoms with E-state index < -0.39 is 5.41 Å². The zero-order valence-electron chi connectivity index (χ0n) is 16.7. The van der Waals surface area contributed by atoms with Crippen LogP contribution in [0.25, 0.3) is 0 Å². The predicted molar refractivity (Wildman–Crippen MR) is 92.0 cm³/mol. The lowest BCUT2D eigenvalue weighted by Gasteiger charge is -2.48. The molecule has 0 N–H and O–H groups in total. The molecule has 0 spiro atoms. The Morgan fingerprint density at radius 2 is 1.43 bits per heavy atom. The molecule has 1 aliphatic heterocycles. The average Bonchev–Trinajstić information content (AvgIpc) is 2.80. The SMILES string of the molecule is CC(C)(C)C1OCC(COC(=O)C(C)(C(C)(C)C)C(C)(C)C)O1. The molecule has 136 valence electrons. The standard InChI is InChI=1S/C19H36O4/c1-16(2,3)15-22-12-13(23-15)11-21-14(20)19(10,17(4,5)6)18(7,8)9/h13,15H,11-12H2,1-10H3. The van der Waals surface area contributed by atoms with Crippen LogP contribution in [0.3, 0.4) is 0 Å². The van der Waals surface area contributed by atoms with E-state index >= 15 is 0 Å². The molecule has 4 heteroatoms. The van der Waals surface area contributed by atoms with Crippen LogP contribution in [0.15, 0.2) is 0 Å². The summed E-state index contributed by atoms with van der Waals surface area (Å²) in [6, 6.07) is 0. The van der Waals surface area contributed by atoms with Crippen LogP contribution in [0.4, 0.5) is 0 Å². The van der Waals surface area contributed by atoms with Crippen LogP contribution in [0.1, 0.15) is 69.2 Å². The molecule has 0 aliphatic carbocycles. The van der Waals surface area contributed by atoms with Gasteiger partial charge >= 0.3 is 5.97 Å². The highest BCUT2D eigenvalue weighted by Crippen LogP contribution is 2.52. The van der Waals surface area contributed by atoms with Crippen LogP contribution >= 0.6 is 0 Å². The van der Waals surface area contributed by atoms with Crippen LogP contribution in [0.2, 0.25) is 0 Å². The van der Waals surface area contributed by atoms with Gasteiger partial charge in [0.25, 0.3) is 0 Å². The predicted octanol–water partition coefficient (Wildman–Crippen LogP) is 4.42. The molecule has 1 saturated heterocycles. The summed E-state index contributed by atoms with van der Waals surface area (Å²) in [5.74, 6) is -0.166. The van der Waals surface area contributed by atoms with Gasteiger partial charge in [-0.1, -0.05) is 62.3 Å². The summed E-state index contributed by atoms with van der Waals surface area (Å²) < 4.78 is 17.2. The van der Waals surface area contributed by atoms with Crippen molar-refractivity contribution in [1.82, 2.24) is 0 Å². The summed E-state index contributed by atoms with van der Waals surface area (Å²) in [5, 5.41) is 0. The topological polar surface area (TPSA) is 44.8 Å². The quantitative estimate of drug-likeness (QED) is 0.720. The zero-order valence-corrected chi connectivity index (χ0v) is 16.7. The van der Waals surface area contributed by atoms with E-state index in [1.54, 1.807) is 0 Å². The minimum Gasteiger partial charge on any atom is -0.462 e. The Balaban J connectivity index is 2.73. The molecular weight excluding hydrogens is 292 g/mol. The van der Waals surface area contributed by atoms with Crippen LogP contribution in [-0.2, 0) is 19.0 Å². The van der Waals surface area contributed by atoms with Gasteiger partial charge in [-0.05, 0) is 17.8 Å². The van der Waals surface area contributed by atoms with Gasteiger partial charge in [-0.15, -0.1) is 0 Å². The summed E-state index contributed by atoms with van der Waals surface area (Å²) in [6.07, 6.45) is -0.435. The minimum absolute atomic E-state index is 0.0793. The Bertz CT molecular complexity index is 406. The van der Waals surface area contributed by atoms with Crippen molar-refractivity contribution >= 4 is 5.97 Å². The Hall–Kier alpha value is -0.610. The van der Waals surface area contributed by atoms with Gasteiger partial charge in [0, 0.05) is 5.41 Å². The van der Waals surface area contributed by atoms with Crippen LogP contribution in [-0.4, -0.2) is 31.6 Å². The van der Waals surface area contributed by atoms with E-state index in [1.165, 1.54) is 0 Å². The van der Waals surface area contributed by atoms with Gasteiger partial charge in [0.15, 0.2) is 6.29 Å². The minimum atomic E-state index is -0.594. The van der Waals surface area contributed by atoms with Crippen molar-refractivity contribution in [1.29, 1.82) is 0 Å². The van der Waals surface area contributed by atoms with E-state index in [-0.39, 0.29) is 41.2 Å². The number of carbonyl (C=O) groups excluding carboxylic acids is 1. The van der Waals surface area contributed by atoms with Gasteiger partial charge in [0.2, 0.25) is 0 Å². The number of esters is 1. The number of hydrogen-bond donors (Lipinski definition) is 0. The number of rotatable bonds is 3. The van der Waals surface area contributed by atoms with Gasteiger partial charge in [0.05, 0.1) is 12.0 Å². The lowest BCUT2D eigenvalue weighted by molar-refractivity contribution is -0.178. The van der Waals surface area contributed by atoms with Crippen molar-refractivity contribution in [3.8, 4) is 0 Å². The maximum Gasteiger partial charge on any atom is 0.312 e. The van der Waals surface area contributed by atoms with Crippen LogP contribution in [0.5, 0.6) is 0 Å². The number of carbonyl (C=O) groups is 1. The van der Waals surface area contributed by atoms with Crippen molar-refractivity contribution in [3.63, 3.8) is 0 Å². The fourth-order valence-electron chi connectivity index (χ4n) is 3.04. The molecule has 23 heavy (non-hydrogen) atoms. The van der Waals surface area contributed by atoms with E-state index in [9.17, 15) is 4.79 Å². The number of ether oxygens (including phenoxy) is 3. The molecule has 0 amide bonds. The first-order valence-corrected chi connectivity index (χ1v) is 8.55. The summed E-state index contributed by atoms with van der Waals surface area (Å²) >= 11 is 0. The van der Waals surface area contributed by atoms with E-state index in [4.69, 9.17) is 14.2 Å². The van der Waals surface area contributed by atoms with E-state index in [1.807, 2.05) is 6.92 Å². The Morgan fingerprint density at radius 3 is 1.78 bits per heavy atom. The highest BCUT2D eigenvalue weighted by atomic mass is 16.7. The Labute approximate surface area is 142 Å². The molecule has 0 aromatic carbocycles. The lowest BCUT2D eigenvalue weighted by atomic mass is 9.55. The smallest absolute Gasteiger partial charge is 0.312 e. The molecule has 1 fully saturated rings. The van der Waals surface area contributed by atoms with Gasteiger partial charge in [0.1, 0.15) is 12.7 Å². The second-order valence-electron chi connectivity index (χ2n) is 10.0. The lowest BCUT2D eigenvalue weighted by Crippen LogP contribution is -2.51.